The van der Waals surface area contributed by atoms with E-state index in [1.54, 1.807) is 6.92 Å². The number of guanidine groups is 1. The predicted octanol–water partition coefficient (Wildman–Crippen LogP) is 0.376. The maximum atomic E-state index is 12.8. The number of ether oxygens (including phenoxy) is 1. The quantitative estimate of drug-likeness (QED) is 0.276. The second kappa shape index (κ2) is 8.11. The molecule has 0 saturated heterocycles. The summed E-state index contributed by atoms with van der Waals surface area (Å²) in [6.45, 7) is 1.60. The number of rotatable bonds is 6. The lowest BCUT2D eigenvalue weighted by Crippen LogP contribution is -2.38. The van der Waals surface area contributed by atoms with E-state index in [1.807, 2.05) is 6.07 Å². The molecule has 0 spiro atoms. The van der Waals surface area contributed by atoms with Gasteiger partial charge in [0.2, 0.25) is 5.96 Å². The molecular weight excluding hydrogens is 374 g/mol. The molecule has 0 fully saturated rings. The molecule has 1 aromatic heterocycles. The van der Waals surface area contributed by atoms with Crippen molar-refractivity contribution in [2.75, 3.05) is 6.61 Å². The Morgan fingerprint density at radius 3 is 2.70 bits per heavy atom. The third-order valence-electron chi connectivity index (χ3n) is 3.14. The van der Waals surface area contributed by atoms with Gasteiger partial charge in [-0.05, 0) is 24.6 Å². The number of carbonyl (C=O) groups excluding carboxylic acids is 1. The van der Waals surface area contributed by atoms with E-state index in [9.17, 15) is 13.2 Å². The Morgan fingerprint density at radius 1 is 1.48 bits per heavy atom. The van der Waals surface area contributed by atoms with Gasteiger partial charge in [0.15, 0.2) is 5.03 Å². The largest absolute Gasteiger partial charge is 0.462 e. The number of nitrogens with one attached hydrogen (secondary N) is 2. The zero-order valence-electron chi connectivity index (χ0n) is 14.1. The number of hydrogen-bond acceptors (Lipinski definition) is 8. The lowest BCUT2D eigenvalue weighted by Gasteiger charge is -2.16. The van der Waals surface area contributed by atoms with Crippen LogP contribution in [0.15, 0.2) is 40.6 Å². The second-order valence-electron chi connectivity index (χ2n) is 4.94. The smallest absolute Gasteiger partial charge is 0.342 e. The van der Waals surface area contributed by atoms with Crippen LogP contribution in [-0.2, 0) is 14.8 Å². The van der Waals surface area contributed by atoms with Crippen molar-refractivity contribution in [3.63, 3.8) is 0 Å². The number of hydrogen-bond donors (Lipinski definition) is 3. The van der Waals surface area contributed by atoms with Crippen LogP contribution in [0.2, 0.25) is 0 Å². The van der Waals surface area contributed by atoms with Crippen molar-refractivity contribution < 1.29 is 17.9 Å². The number of esters is 1. The highest BCUT2D eigenvalue weighted by molar-refractivity contribution is 7.89. The van der Waals surface area contributed by atoms with Crippen molar-refractivity contribution in [3.05, 3.63) is 47.2 Å². The molecule has 0 radical (unpaired) electrons. The van der Waals surface area contributed by atoms with Gasteiger partial charge in [0.1, 0.15) is 5.56 Å². The fraction of sp³-hybridized carbons (Fsp3) is 0.133. The number of nitriles is 1. The van der Waals surface area contributed by atoms with Gasteiger partial charge in [0.05, 0.1) is 30.7 Å². The maximum Gasteiger partial charge on any atom is 0.342 e. The van der Waals surface area contributed by atoms with Crippen molar-refractivity contribution in [3.8, 4) is 6.07 Å². The molecule has 1 heterocycles. The van der Waals surface area contributed by atoms with Gasteiger partial charge in [-0.15, -0.1) is 4.41 Å². The number of nitrogens with two attached hydrogens (primary N) is 1. The highest BCUT2D eigenvalue weighted by Crippen LogP contribution is 2.19. The molecule has 2 rings (SSSR count). The minimum absolute atomic E-state index is 0.0385. The van der Waals surface area contributed by atoms with Gasteiger partial charge in [-0.1, -0.05) is 12.1 Å². The van der Waals surface area contributed by atoms with Crippen molar-refractivity contribution in [2.45, 2.75) is 11.9 Å². The minimum atomic E-state index is -4.52. The fourth-order valence-electron chi connectivity index (χ4n) is 1.93. The summed E-state index contributed by atoms with van der Waals surface area (Å²) in [7, 11) is -4.52. The van der Waals surface area contributed by atoms with Crippen LogP contribution in [0.1, 0.15) is 28.4 Å². The van der Waals surface area contributed by atoms with E-state index in [0.29, 0.717) is 11.1 Å². The van der Waals surface area contributed by atoms with Gasteiger partial charge >= 0.3 is 16.0 Å². The molecule has 0 aliphatic heterocycles. The van der Waals surface area contributed by atoms with Crippen molar-refractivity contribution in [2.24, 2.45) is 10.8 Å². The number of aromatic amines is 1. The summed E-state index contributed by atoms with van der Waals surface area (Å²) >= 11 is 0. The first-order chi connectivity index (χ1) is 12.8. The van der Waals surface area contributed by atoms with Crippen LogP contribution in [0, 0.1) is 16.7 Å². The van der Waals surface area contributed by atoms with Crippen LogP contribution in [-0.4, -0.2) is 47.8 Å². The Hall–Kier alpha value is -3.72. The van der Waals surface area contributed by atoms with Gasteiger partial charge in [-0.2, -0.15) is 23.9 Å². The SMILES string of the molecule is CCOC(=O)c1cn[nH]c1S(=O)(=O)N(/N=C/c1ccc(C#N)cc1)C(=N)N. The van der Waals surface area contributed by atoms with Crippen LogP contribution in [0.25, 0.3) is 0 Å². The maximum absolute atomic E-state index is 12.8. The molecule has 0 unspecified atom stereocenters. The molecule has 0 amide bonds. The van der Waals surface area contributed by atoms with Crippen molar-refractivity contribution in [1.82, 2.24) is 14.6 Å². The summed E-state index contributed by atoms with van der Waals surface area (Å²) in [5, 5.41) is 25.1. The number of aromatic nitrogens is 2. The molecule has 0 saturated carbocycles. The number of benzene rings is 1. The Labute approximate surface area is 154 Å². The van der Waals surface area contributed by atoms with E-state index < -0.39 is 27.0 Å². The van der Waals surface area contributed by atoms with Crippen molar-refractivity contribution in [1.29, 1.82) is 10.7 Å². The summed E-state index contributed by atoms with van der Waals surface area (Å²) < 4.78 is 30.5. The predicted molar refractivity (Wildman–Crippen MR) is 94.2 cm³/mol. The Morgan fingerprint density at radius 2 is 2.15 bits per heavy atom. The van der Waals surface area contributed by atoms with Crippen LogP contribution >= 0.6 is 0 Å². The Kier molecular flexibility index (Phi) is 5.89. The molecule has 0 bridgehead atoms. The first kappa shape index (κ1) is 19.6. The van der Waals surface area contributed by atoms with E-state index in [0.717, 1.165) is 12.4 Å². The summed E-state index contributed by atoms with van der Waals surface area (Å²) in [6, 6.07) is 8.05. The average molecular weight is 389 g/mol. The number of sulfonamides is 1. The minimum Gasteiger partial charge on any atom is -0.462 e. The number of hydrazone groups is 1. The monoisotopic (exact) mass is 389 g/mol. The highest BCUT2D eigenvalue weighted by Gasteiger charge is 2.33. The standard InChI is InChI=1S/C15H15N7O4S/c1-2-26-14(23)12-9-19-21-13(12)27(24,25)22(15(17)18)20-8-11-5-3-10(7-16)4-6-11/h3-6,8-9H,2H2,1H3,(H3,17,18)(H,19,21)/b20-8+. The lowest BCUT2D eigenvalue weighted by molar-refractivity contribution is 0.0521. The Bertz CT molecular complexity index is 1020. The highest BCUT2D eigenvalue weighted by atomic mass is 32.2. The molecule has 12 heteroatoms. The first-order valence-electron chi connectivity index (χ1n) is 7.45. The van der Waals surface area contributed by atoms with Crippen LogP contribution in [0.3, 0.4) is 0 Å². The second-order valence-corrected chi connectivity index (χ2v) is 6.65. The van der Waals surface area contributed by atoms with E-state index in [1.165, 1.54) is 24.3 Å². The lowest BCUT2D eigenvalue weighted by atomic mass is 10.2. The van der Waals surface area contributed by atoms with Gasteiger partial charge < -0.3 is 10.5 Å². The molecule has 11 nitrogen and oxygen atoms in total. The number of H-pyrrole nitrogens is 1. The first-order valence-corrected chi connectivity index (χ1v) is 8.89. The Balaban J connectivity index is 2.39. The zero-order chi connectivity index (χ0) is 20.0. The van der Waals surface area contributed by atoms with E-state index >= 15 is 0 Å². The summed E-state index contributed by atoms with van der Waals surface area (Å²) in [4.78, 5) is 11.9. The van der Waals surface area contributed by atoms with E-state index in [2.05, 4.69) is 15.3 Å². The normalized spacial score (nSPS) is 11.1. The molecular formula is C15H15N7O4S. The molecule has 0 atom stereocenters. The molecule has 2 aromatic rings. The molecule has 27 heavy (non-hydrogen) atoms. The fourth-order valence-corrected chi connectivity index (χ4v) is 3.11. The number of carbonyl (C=O) groups is 1. The van der Waals surface area contributed by atoms with Gasteiger partial charge in [0, 0.05) is 0 Å². The molecule has 4 N–H and O–H groups in total. The van der Waals surface area contributed by atoms with Gasteiger partial charge in [0.25, 0.3) is 0 Å². The van der Waals surface area contributed by atoms with E-state index in [4.69, 9.17) is 21.1 Å². The van der Waals surface area contributed by atoms with Crippen LogP contribution in [0.5, 0.6) is 0 Å². The molecule has 140 valence electrons. The van der Waals surface area contributed by atoms with E-state index in [-0.39, 0.29) is 16.6 Å². The average Bonchev–Trinajstić information content (AvgIpc) is 3.13. The number of nitrogens with zero attached hydrogens (tertiary/aromatic N) is 4. The molecule has 0 aliphatic rings. The topological polar surface area (TPSA) is 178 Å². The third kappa shape index (κ3) is 4.28. The van der Waals surface area contributed by atoms with Crippen molar-refractivity contribution >= 4 is 28.2 Å². The van der Waals surface area contributed by atoms with Gasteiger partial charge in [-0.3, -0.25) is 10.5 Å². The van der Waals surface area contributed by atoms with Crippen LogP contribution < -0.4 is 5.73 Å². The zero-order valence-corrected chi connectivity index (χ0v) is 14.9. The summed E-state index contributed by atoms with van der Waals surface area (Å²) in [5.74, 6) is -1.80. The molecule has 0 aliphatic carbocycles. The summed E-state index contributed by atoms with van der Waals surface area (Å²) in [6.07, 6.45) is 2.13. The third-order valence-corrected chi connectivity index (χ3v) is 4.72. The molecule has 1 aromatic carbocycles. The van der Waals surface area contributed by atoms with Gasteiger partial charge in [-0.25, -0.2) is 4.79 Å². The summed E-state index contributed by atoms with van der Waals surface area (Å²) in [5.41, 5.74) is 5.89. The van der Waals surface area contributed by atoms with Crippen LogP contribution in [0.4, 0.5) is 0 Å².